The molecule has 0 saturated carbocycles. The third-order valence-corrected chi connectivity index (χ3v) is 6.60. The number of nitrogens with one attached hydrogen (secondary N) is 1. The Morgan fingerprint density at radius 2 is 1.82 bits per heavy atom. The molecule has 0 aliphatic carbocycles. The van der Waals surface area contributed by atoms with Crippen LogP contribution in [0.5, 0.6) is 0 Å². The summed E-state index contributed by atoms with van der Waals surface area (Å²) in [6, 6.07) is 17.4. The summed E-state index contributed by atoms with van der Waals surface area (Å²) in [5.74, 6) is 0.387. The number of nitrogens with zero attached hydrogens (tertiary/aromatic N) is 1. The molecule has 1 aliphatic rings. The molecule has 0 bridgehead atoms. The fourth-order valence-electron chi connectivity index (χ4n) is 3.40. The zero-order valence-corrected chi connectivity index (χ0v) is 17.5. The predicted molar refractivity (Wildman–Crippen MR) is 112 cm³/mol. The number of ether oxygens (including phenoxy) is 1. The van der Waals surface area contributed by atoms with E-state index in [-0.39, 0.29) is 6.10 Å². The number of rotatable bonds is 8. The van der Waals surface area contributed by atoms with Gasteiger partial charge >= 0.3 is 0 Å². The first-order valence-corrected chi connectivity index (χ1v) is 11.4. The lowest BCUT2D eigenvalue weighted by Gasteiger charge is -2.33. The largest absolute Gasteiger partial charge is 0.371 e. The Bertz CT molecular complexity index is 836. The van der Waals surface area contributed by atoms with Crippen LogP contribution >= 0.6 is 0 Å². The number of hydrogen-bond acceptors (Lipinski definition) is 4. The van der Waals surface area contributed by atoms with Gasteiger partial charge in [-0.15, -0.1) is 0 Å². The Kier molecular flexibility index (Phi) is 7.24. The molecular formula is C22H30N2O3S. The van der Waals surface area contributed by atoms with Crippen molar-refractivity contribution in [3.8, 4) is 0 Å². The normalized spacial score (nSPS) is 18.5. The van der Waals surface area contributed by atoms with Crippen molar-refractivity contribution in [3.63, 3.8) is 0 Å². The molecule has 152 valence electrons. The van der Waals surface area contributed by atoms with Gasteiger partial charge < -0.3 is 4.74 Å². The molecule has 1 fully saturated rings. The van der Waals surface area contributed by atoms with Crippen LogP contribution in [0.25, 0.3) is 0 Å². The van der Waals surface area contributed by atoms with Crippen LogP contribution < -0.4 is 4.72 Å². The summed E-state index contributed by atoms with van der Waals surface area (Å²) in [5.41, 5.74) is 2.33. The molecular weight excluding hydrogens is 372 g/mol. The minimum atomic E-state index is -3.45. The van der Waals surface area contributed by atoms with Gasteiger partial charge in [0, 0.05) is 19.6 Å². The highest BCUT2D eigenvalue weighted by Crippen LogP contribution is 2.22. The van der Waals surface area contributed by atoms with E-state index in [9.17, 15) is 8.42 Å². The van der Waals surface area contributed by atoms with E-state index in [1.807, 2.05) is 30.3 Å². The molecule has 0 amide bonds. The van der Waals surface area contributed by atoms with Crippen LogP contribution in [0.3, 0.4) is 0 Å². The van der Waals surface area contributed by atoms with Crippen LogP contribution in [-0.2, 0) is 14.8 Å². The standard InChI is InChI=1S/C22H30N2O3S/c1-18(2)19-9-11-21(12-10-19)28(25,26)23-13-6-14-24-15-16-27-22(17-24)20-7-4-3-5-8-20/h3-5,7-12,18,22-23H,6,13-17H2,1-2H3. The molecule has 1 N–H and O–H groups in total. The molecule has 1 atom stereocenters. The SMILES string of the molecule is CC(C)c1ccc(S(=O)(=O)NCCCN2CCOC(c3ccccc3)C2)cc1. The maximum absolute atomic E-state index is 12.5. The topological polar surface area (TPSA) is 58.6 Å². The fourth-order valence-corrected chi connectivity index (χ4v) is 4.47. The van der Waals surface area contributed by atoms with E-state index in [4.69, 9.17) is 4.74 Å². The summed E-state index contributed by atoms with van der Waals surface area (Å²) in [5, 5.41) is 0. The van der Waals surface area contributed by atoms with E-state index in [1.165, 1.54) is 5.56 Å². The van der Waals surface area contributed by atoms with Gasteiger partial charge in [-0.2, -0.15) is 0 Å². The third kappa shape index (κ3) is 5.64. The quantitative estimate of drug-likeness (QED) is 0.686. The lowest BCUT2D eigenvalue weighted by molar-refractivity contribution is -0.0300. The molecule has 1 unspecified atom stereocenters. The van der Waals surface area contributed by atoms with Crippen molar-refractivity contribution >= 4 is 10.0 Å². The smallest absolute Gasteiger partial charge is 0.240 e. The van der Waals surface area contributed by atoms with Gasteiger partial charge in [-0.05, 0) is 42.1 Å². The molecule has 3 rings (SSSR count). The third-order valence-electron chi connectivity index (χ3n) is 5.12. The van der Waals surface area contributed by atoms with Gasteiger partial charge in [-0.1, -0.05) is 56.3 Å². The summed E-state index contributed by atoms with van der Waals surface area (Å²) >= 11 is 0. The predicted octanol–water partition coefficient (Wildman–Crippen LogP) is 3.55. The maximum Gasteiger partial charge on any atom is 0.240 e. The zero-order valence-electron chi connectivity index (χ0n) is 16.7. The molecule has 1 aliphatic heterocycles. The average Bonchev–Trinajstić information content (AvgIpc) is 2.72. The molecule has 0 aromatic heterocycles. The minimum absolute atomic E-state index is 0.0890. The number of benzene rings is 2. The van der Waals surface area contributed by atoms with Crippen LogP contribution in [-0.4, -0.2) is 46.1 Å². The Balaban J connectivity index is 1.45. The highest BCUT2D eigenvalue weighted by atomic mass is 32.2. The highest BCUT2D eigenvalue weighted by Gasteiger charge is 2.21. The number of sulfonamides is 1. The van der Waals surface area contributed by atoms with Crippen LogP contribution in [0.4, 0.5) is 0 Å². The number of hydrogen-bond donors (Lipinski definition) is 1. The van der Waals surface area contributed by atoms with Crippen LogP contribution in [0.2, 0.25) is 0 Å². The Labute approximate surface area is 168 Å². The van der Waals surface area contributed by atoms with E-state index >= 15 is 0 Å². The molecule has 28 heavy (non-hydrogen) atoms. The van der Waals surface area contributed by atoms with Gasteiger partial charge in [0.2, 0.25) is 10.0 Å². The molecule has 0 spiro atoms. The molecule has 2 aromatic carbocycles. The molecule has 1 saturated heterocycles. The summed E-state index contributed by atoms with van der Waals surface area (Å²) in [4.78, 5) is 2.67. The Morgan fingerprint density at radius 1 is 1.11 bits per heavy atom. The molecule has 5 nitrogen and oxygen atoms in total. The fraction of sp³-hybridized carbons (Fsp3) is 0.455. The Morgan fingerprint density at radius 3 is 2.50 bits per heavy atom. The summed E-state index contributed by atoms with van der Waals surface area (Å²) in [7, 11) is -3.45. The maximum atomic E-state index is 12.5. The van der Waals surface area contributed by atoms with E-state index in [2.05, 4.69) is 35.6 Å². The van der Waals surface area contributed by atoms with E-state index in [0.717, 1.165) is 31.6 Å². The summed E-state index contributed by atoms with van der Waals surface area (Å²) < 4.78 is 33.5. The van der Waals surface area contributed by atoms with Crippen molar-refractivity contribution in [1.82, 2.24) is 9.62 Å². The van der Waals surface area contributed by atoms with Crippen LogP contribution in [0.15, 0.2) is 59.5 Å². The Hall–Kier alpha value is -1.73. The van der Waals surface area contributed by atoms with Crippen molar-refractivity contribution in [2.75, 3.05) is 32.8 Å². The van der Waals surface area contributed by atoms with Gasteiger partial charge in [-0.25, -0.2) is 13.1 Å². The van der Waals surface area contributed by atoms with E-state index < -0.39 is 10.0 Å². The van der Waals surface area contributed by atoms with E-state index in [0.29, 0.717) is 24.0 Å². The van der Waals surface area contributed by atoms with Crippen molar-refractivity contribution in [2.24, 2.45) is 0 Å². The van der Waals surface area contributed by atoms with Gasteiger partial charge in [0.15, 0.2) is 0 Å². The van der Waals surface area contributed by atoms with Crippen molar-refractivity contribution in [1.29, 1.82) is 0 Å². The second kappa shape index (κ2) is 9.65. The first-order valence-electron chi connectivity index (χ1n) is 9.94. The lowest BCUT2D eigenvalue weighted by Crippen LogP contribution is -2.39. The molecule has 6 heteroatoms. The van der Waals surface area contributed by atoms with Crippen molar-refractivity contribution in [2.45, 2.75) is 37.2 Å². The summed E-state index contributed by atoms with van der Waals surface area (Å²) in [6.07, 6.45) is 0.858. The van der Waals surface area contributed by atoms with Gasteiger partial charge in [-0.3, -0.25) is 4.90 Å². The van der Waals surface area contributed by atoms with Crippen LogP contribution in [0.1, 0.15) is 43.4 Å². The van der Waals surface area contributed by atoms with Gasteiger partial charge in [0.05, 0.1) is 17.6 Å². The monoisotopic (exact) mass is 402 g/mol. The molecule has 1 heterocycles. The van der Waals surface area contributed by atoms with E-state index in [1.54, 1.807) is 12.1 Å². The number of morpholine rings is 1. The van der Waals surface area contributed by atoms with Gasteiger partial charge in [0.25, 0.3) is 0 Å². The van der Waals surface area contributed by atoms with Crippen LogP contribution in [0, 0.1) is 0 Å². The highest BCUT2D eigenvalue weighted by molar-refractivity contribution is 7.89. The second-order valence-electron chi connectivity index (χ2n) is 7.55. The van der Waals surface area contributed by atoms with Crippen molar-refractivity contribution in [3.05, 3.63) is 65.7 Å². The molecule has 0 radical (unpaired) electrons. The summed E-state index contributed by atoms with van der Waals surface area (Å²) in [6.45, 7) is 7.89. The zero-order chi connectivity index (χ0) is 20.0. The minimum Gasteiger partial charge on any atom is -0.371 e. The first kappa shape index (κ1) is 21.0. The average molecular weight is 403 g/mol. The second-order valence-corrected chi connectivity index (χ2v) is 9.31. The first-order chi connectivity index (χ1) is 13.5. The van der Waals surface area contributed by atoms with Gasteiger partial charge in [0.1, 0.15) is 0 Å². The van der Waals surface area contributed by atoms with Crippen molar-refractivity contribution < 1.29 is 13.2 Å². The molecule has 2 aromatic rings. The lowest BCUT2D eigenvalue weighted by atomic mass is 10.0.